The monoisotopic (exact) mass is 264 g/mol. The second-order valence-corrected chi connectivity index (χ2v) is 4.39. The first-order chi connectivity index (χ1) is 9.21. The molecule has 2 rings (SSSR count). The number of rotatable bonds is 6. The van der Waals surface area contributed by atoms with Crippen molar-refractivity contribution >= 4 is 11.0 Å². The van der Waals surface area contributed by atoms with Crippen molar-refractivity contribution in [2.45, 2.75) is 18.8 Å². The predicted octanol–water partition coefficient (Wildman–Crippen LogP) is 0.567. The highest BCUT2D eigenvalue weighted by atomic mass is 16.7. The Kier molecular flexibility index (Phi) is 4.49. The molecule has 6 heteroatoms. The van der Waals surface area contributed by atoms with Gasteiger partial charge in [-0.25, -0.2) is 4.98 Å². The molecule has 0 bridgehead atoms. The molecule has 104 valence electrons. The zero-order chi connectivity index (χ0) is 13.8. The number of fused-ring (bicyclic) bond motifs is 1. The van der Waals surface area contributed by atoms with Crippen LogP contribution in [-0.2, 0) is 22.9 Å². The molecule has 1 heterocycles. The molecule has 0 spiro atoms. The Bertz CT molecular complexity index is 536. The van der Waals surface area contributed by atoms with Gasteiger partial charge in [0, 0.05) is 27.7 Å². The van der Waals surface area contributed by atoms with E-state index in [1.165, 1.54) is 0 Å². The van der Waals surface area contributed by atoms with Gasteiger partial charge in [0.1, 0.15) is 5.82 Å². The second-order valence-electron chi connectivity index (χ2n) is 4.39. The van der Waals surface area contributed by atoms with Crippen LogP contribution in [0.2, 0.25) is 0 Å². The highest BCUT2D eigenvalue weighted by Gasteiger charge is 2.22. The van der Waals surface area contributed by atoms with Gasteiger partial charge in [-0.3, -0.25) is 11.3 Å². The first-order valence-corrected chi connectivity index (χ1v) is 6.13. The van der Waals surface area contributed by atoms with Gasteiger partial charge in [-0.05, 0) is 12.1 Å². The average molecular weight is 264 g/mol. The Labute approximate surface area is 112 Å². The van der Waals surface area contributed by atoms with Crippen molar-refractivity contribution in [3.8, 4) is 0 Å². The number of aromatic nitrogens is 2. The fourth-order valence-corrected chi connectivity index (χ4v) is 2.23. The third kappa shape index (κ3) is 2.76. The lowest BCUT2D eigenvalue weighted by molar-refractivity contribution is -0.123. The van der Waals surface area contributed by atoms with E-state index in [0.29, 0.717) is 6.42 Å². The molecule has 0 saturated carbocycles. The van der Waals surface area contributed by atoms with E-state index in [4.69, 9.17) is 15.3 Å². The highest BCUT2D eigenvalue weighted by molar-refractivity contribution is 5.75. The summed E-state index contributed by atoms with van der Waals surface area (Å²) in [5.74, 6) is 6.50. The van der Waals surface area contributed by atoms with Gasteiger partial charge in [0.2, 0.25) is 0 Å². The third-order valence-corrected chi connectivity index (χ3v) is 3.29. The van der Waals surface area contributed by atoms with Crippen LogP contribution in [0.1, 0.15) is 5.82 Å². The van der Waals surface area contributed by atoms with Crippen molar-refractivity contribution in [1.29, 1.82) is 0 Å². The molecule has 0 fully saturated rings. The van der Waals surface area contributed by atoms with Crippen molar-refractivity contribution in [2.75, 3.05) is 14.2 Å². The van der Waals surface area contributed by atoms with Crippen LogP contribution in [0.4, 0.5) is 0 Å². The van der Waals surface area contributed by atoms with E-state index < -0.39 is 6.29 Å². The van der Waals surface area contributed by atoms with Gasteiger partial charge < -0.3 is 14.0 Å². The van der Waals surface area contributed by atoms with Crippen LogP contribution in [0, 0.1) is 0 Å². The average Bonchev–Trinajstić information content (AvgIpc) is 2.76. The van der Waals surface area contributed by atoms with Crippen molar-refractivity contribution in [3.63, 3.8) is 0 Å². The first-order valence-electron chi connectivity index (χ1n) is 6.13. The Morgan fingerprint density at radius 2 is 2.00 bits per heavy atom. The number of hydrazine groups is 1. The van der Waals surface area contributed by atoms with Gasteiger partial charge >= 0.3 is 0 Å². The number of hydrogen-bond donors (Lipinski definition) is 2. The van der Waals surface area contributed by atoms with Crippen LogP contribution >= 0.6 is 0 Å². The topological polar surface area (TPSA) is 74.3 Å². The number of hydrogen-bond acceptors (Lipinski definition) is 5. The van der Waals surface area contributed by atoms with E-state index in [2.05, 4.69) is 15.0 Å². The fourth-order valence-electron chi connectivity index (χ4n) is 2.23. The Morgan fingerprint density at radius 3 is 2.58 bits per heavy atom. The molecule has 0 aliphatic heterocycles. The molecule has 1 aromatic carbocycles. The van der Waals surface area contributed by atoms with Gasteiger partial charge in [-0.15, -0.1) is 0 Å². The summed E-state index contributed by atoms with van der Waals surface area (Å²) in [4.78, 5) is 4.61. The maximum atomic E-state index is 5.57. The van der Waals surface area contributed by atoms with Gasteiger partial charge in [0.25, 0.3) is 0 Å². The normalized spacial score (nSPS) is 13.3. The highest BCUT2D eigenvalue weighted by Crippen LogP contribution is 2.16. The minimum atomic E-state index is -0.412. The summed E-state index contributed by atoms with van der Waals surface area (Å²) in [5, 5.41) is 0. The lowest BCUT2D eigenvalue weighted by Gasteiger charge is -2.23. The number of aryl methyl sites for hydroxylation is 1. The van der Waals surface area contributed by atoms with Gasteiger partial charge in [0.15, 0.2) is 6.29 Å². The zero-order valence-corrected chi connectivity index (χ0v) is 11.5. The molecule has 6 nitrogen and oxygen atoms in total. The van der Waals surface area contributed by atoms with Crippen LogP contribution in [0.3, 0.4) is 0 Å². The number of nitrogens with zero attached hydrogens (tertiary/aromatic N) is 2. The lowest BCUT2D eigenvalue weighted by atomic mass is 10.2. The third-order valence-electron chi connectivity index (χ3n) is 3.29. The smallest absolute Gasteiger partial charge is 0.173 e. The van der Waals surface area contributed by atoms with Crippen molar-refractivity contribution < 1.29 is 9.47 Å². The number of nitrogens with two attached hydrogens (primary N) is 1. The van der Waals surface area contributed by atoms with Crippen molar-refractivity contribution in [3.05, 3.63) is 30.1 Å². The summed E-state index contributed by atoms with van der Waals surface area (Å²) in [5.41, 5.74) is 4.79. The summed E-state index contributed by atoms with van der Waals surface area (Å²) in [6, 6.07) is 7.85. The number of ether oxygens (including phenoxy) is 2. The first kappa shape index (κ1) is 14.0. The largest absolute Gasteiger partial charge is 0.354 e. The molecule has 0 aliphatic carbocycles. The Morgan fingerprint density at radius 1 is 1.32 bits per heavy atom. The second kappa shape index (κ2) is 6.12. The number of benzene rings is 1. The molecule has 0 saturated heterocycles. The molecule has 1 aromatic heterocycles. The quantitative estimate of drug-likeness (QED) is 0.453. The molecule has 1 unspecified atom stereocenters. The molecule has 3 N–H and O–H groups in total. The number of para-hydroxylation sites is 2. The van der Waals surface area contributed by atoms with Gasteiger partial charge in [-0.1, -0.05) is 12.1 Å². The fraction of sp³-hybridized carbons (Fsp3) is 0.462. The maximum Gasteiger partial charge on any atom is 0.173 e. The molecular weight excluding hydrogens is 244 g/mol. The molecule has 2 aromatic rings. The summed E-state index contributed by atoms with van der Waals surface area (Å²) in [6.07, 6.45) is 0.207. The minimum Gasteiger partial charge on any atom is -0.354 e. The number of nitrogens with one attached hydrogen (secondary N) is 1. The van der Waals surface area contributed by atoms with Crippen LogP contribution < -0.4 is 11.3 Å². The number of methoxy groups -OCH3 is 2. The van der Waals surface area contributed by atoms with Crippen molar-refractivity contribution in [2.24, 2.45) is 12.9 Å². The SMILES string of the molecule is COC(OC)C(Cc1nc2ccccc2n1C)NN. The molecule has 0 aliphatic rings. The minimum absolute atomic E-state index is 0.162. The van der Waals surface area contributed by atoms with Gasteiger partial charge in [-0.2, -0.15) is 0 Å². The Balaban J connectivity index is 2.26. The van der Waals surface area contributed by atoms with E-state index in [-0.39, 0.29) is 6.04 Å². The van der Waals surface area contributed by atoms with Crippen molar-refractivity contribution in [1.82, 2.24) is 15.0 Å². The predicted molar refractivity (Wildman–Crippen MR) is 73.3 cm³/mol. The molecule has 0 amide bonds. The summed E-state index contributed by atoms with van der Waals surface area (Å²) < 4.78 is 12.5. The molecular formula is C13H20N4O2. The summed E-state index contributed by atoms with van der Waals surface area (Å²) in [7, 11) is 5.17. The molecule has 0 radical (unpaired) electrons. The van der Waals surface area contributed by atoms with Crippen LogP contribution in [0.25, 0.3) is 11.0 Å². The van der Waals surface area contributed by atoms with E-state index in [0.717, 1.165) is 16.9 Å². The van der Waals surface area contributed by atoms with E-state index in [9.17, 15) is 0 Å². The van der Waals surface area contributed by atoms with Crippen LogP contribution in [0.15, 0.2) is 24.3 Å². The zero-order valence-electron chi connectivity index (χ0n) is 11.5. The molecule has 19 heavy (non-hydrogen) atoms. The Hall–Kier alpha value is -1.47. The van der Waals surface area contributed by atoms with Crippen LogP contribution in [0.5, 0.6) is 0 Å². The lowest BCUT2D eigenvalue weighted by Crippen LogP contribution is -2.47. The standard InChI is InChI=1S/C13H20N4O2/c1-17-11-7-5-4-6-9(11)15-12(17)8-10(16-14)13(18-2)19-3/h4-7,10,13,16H,8,14H2,1-3H3. The van der Waals surface area contributed by atoms with E-state index in [1.807, 2.05) is 31.3 Å². The molecule has 1 atom stereocenters. The van der Waals surface area contributed by atoms with Crippen LogP contribution in [-0.4, -0.2) is 36.1 Å². The number of imidazole rings is 1. The maximum absolute atomic E-state index is 5.57. The van der Waals surface area contributed by atoms with E-state index >= 15 is 0 Å². The van der Waals surface area contributed by atoms with Gasteiger partial charge in [0.05, 0.1) is 17.1 Å². The summed E-state index contributed by atoms with van der Waals surface area (Å²) >= 11 is 0. The van der Waals surface area contributed by atoms with E-state index in [1.54, 1.807) is 14.2 Å². The summed E-state index contributed by atoms with van der Waals surface area (Å²) in [6.45, 7) is 0.